The molecule has 2 atom stereocenters. The normalized spacial score (nSPS) is 19.6. The maximum Gasteiger partial charge on any atom is 0.323 e. The lowest BCUT2D eigenvalue weighted by atomic mass is 9.99. The smallest absolute Gasteiger partial charge is 0.323 e. The molecule has 2 fully saturated rings. The summed E-state index contributed by atoms with van der Waals surface area (Å²) >= 11 is 12.6. The number of piperidine rings is 1. The standard InChI is InChI=1S/C29H34Cl2N6O2/c30-23-6-3-7-24(31)22(23)16-36-28-27(32)35-17-26(37-28)19-10-8-18(9-11-19)15-34-20-12-13-33-25(14-20)29(38)39-21-4-1-2-5-21/h3,6-11,17,20-21,25,33-34H,1-2,4-5,12-16H2,(H2,32,35)(H,36,37)/t20?,25-/m1/s1. The zero-order valence-corrected chi connectivity index (χ0v) is 23.3. The first-order chi connectivity index (χ1) is 19.0. The van der Waals surface area contributed by atoms with Crippen LogP contribution in [-0.2, 0) is 22.6 Å². The fraction of sp³-hybridized carbons (Fsp3) is 0.414. The number of rotatable bonds is 9. The van der Waals surface area contributed by atoms with Gasteiger partial charge in [0.2, 0.25) is 0 Å². The van der Waals surface area contributed by atoms with Gasteiger partial charge in [0.25, 0.3) is 0 Å². The van der Waals surface area contributed by atoms with Crippen molar-refractivity contribution in [2.75, 3.05) is 17.6 Å². The summed E-state index contributed by atoms with van der Waals surface area (Å²) in [6.45, 7) is 1.89. The van der Waals surface area contributed by atoms with E-state index in [0.29, 0.717) is 40.5 Å². The molecular formula is C29H34Cl2N6O2. The second kappa shape index (κ2) is 13.0. The maximum absolute atomic E-state index is 12.6. The first-order valence-corrected chi connectivity index (χ1v) is 14.3. The highest BCUT2D eigenvalue weighted by Crippen LogP contribution is 2.27. The molecule has 1 unspecified atom stereocenters. The van der Waals surface area contributed by atoms with Crippen molar-refractivity contribution in [3.8, 4) is 11.3 Å². The number of benzene rings is 2. The molecule has 0 spiro atoms. The van der Waals surface area contributed by atoms with Crippen LogP contribution in [-0.4, -0.2) is 40.7 Å². The van der Waals surface area contributed by atoms with Gasteiger partial charge in [0.05, 0.1) is 11.9 Å². The Hall–Kier alpha value is -2.91. The Morgan fingerprint density at radius 3 is 2.54 bits per heavy atom. The molecule has 2 aliphatic rings. The zero-order chi connectivity index (χ0) is 27.2. The SMILES string of the molecule is Nc1ncc(-c2ccc(CNC3CCN[C@@H](C(=O)OC4CCCC4)C3)cc2)nc1NCc1c(Cl)cccc1Cl. The Labute approximate surface area is 239 Å². The topological polar surface area (TPSA) is 114 Å². The molecule has 2 aromatic carbocycles. The minimum absolute atomic E-state index is 0.101. The third-order valence-corrected chi connectivity index (χ3v) is 8.12. The Kier molecular flexibility index (Phi) is 9.19. The highest BCUT2D eigenvalue weighted by Gasteiger charge is 2.30. The number of nitrogen functional groups attached to an aromatic ring is 1. The minimum Gasteiger partial charge on any atom is -0.461 e. The predicted molar refractivity (Wildman–Crippen MR) is 156 cm³/mol. The van der Waals surface area contributed by atoms with E-state index in [0.717, 1.165) is 61.8 Å². The van der Waals surface area contributed by atoms with E-state index in [2.05, 4.69) is 38.1 Å². The highest BCUT2D eigenvalue weighted by atomic mass is 35.5. The van der Waals surface area contributed by atoms with Crippen LogP contribution in [0.1, 0.15) is 49.7 Å². The van der Waals surface area contributed by atoms with E-state index in [1.54, 1.807) is 24.4 Å². The molecule has 0 bridgehead atoms. The quantitative estimate of drug-likeness (QED) is 0.256. The van der Waals surface area contributed by atoms with Gasteiger partial charge in [-0.25, -0.2) is 9.97 Å². The fourth-order valence-electron chi connectivity index (χ4n) is 5.13. The number of esters is 1. The molecule has 3 aromatic rings. The lowest BCUT2D eigenvalue weighted by molar-refractivity contribution is -0.152. The van der Waals surface area contributed by atoms with Crippen molar-refractivity contribution in [2.45, 2.75) is 69.8 Å². The summed E-state index contributed by atoms with van der Waals surface area (Å²) < 4.78 is 5.72. The lowest BCUT2D eigenvalue weighted by Crippen LogP contribution is -2.50. The number of nitrogens with two attached hydrogens (primary N) is 1. The average molecular weight is 570 g/mol. The van der Waals surface area contributed by atoms with Gasteiger partial charge in [-0.2, -0.15) is 0 Å². The number of nitrogens with one attached hydrogen (secondary N) is 3. The summed E-state index contributed by atoms with van der Waals surface area (Å²) in [7, 11) is 0. The van der Waals surface area contributed by atoms with Crippen LogP contribution in [0.25, 0.3) is 11.3 Å². The molecule has 2 heterocycles. The number of nitrogens with zero attached hydrogens (tertiary/aromatic N) is 2. The second-order valence-electron chi connectivity index (χ2n) is 10.2. The van der Waals surface area contributed by atoms with Gasteiger partial charge >= 0.3 is 5.97 Å². The predicted octanol–water partition coefficient (Wildman–Crippen LogP) is 5.34. The number of anilines is 2. The zero-order valence-electron chi connectivity index (χ0n) is 21.8. The molecule has 1 saturated heterocycles. The Bertz CT molecular complexity index is 1260. The fourth-order valence-corrected chi connectivity index (χ4v) is 5.66. The molecule has 5 N–H and O–H groups in total. The van der Waals surface area contributed by atoms with Crippen molar-refractivity contribution in [2.24, 2.45) is 0 Å². The largest absolute Gasteiger partial charge is 0.461 e. The molecular weight excluding hydrogens is 535 g/mol. The Morgan fingerprint density at radius 1 is 1.05 bits per heavy atom. The van der Waals surface area contributed by atoms with Gasteiger partial charge in [-0.3, -0.25) is 4.79 Å². The Morgan fingerprint density at radius 2 is 1.79 bits per heavy atom. The number of hydrogen-bond donors (Lipinski definition) is 4. The average Bonchev–Trinajstić information content (AvgIpc) is 3.46. The van der Waals surface area contributed by atoms with Gasteiger partial charge in [-0.15, -0.1) is 0 Å². The molecule has 0 amide bonds. The summed E-state index contributed by atoms with van der Waals surface area (Å²) in [6, 6.07) is 13.6. The van der Waals surface area contributed by atoms with Crippen LogP contribution in [0.4, 0.5) is 11.6 Å². The van der Waals surface area contributed by atoms with Crippen molar-refractivity contribution >= 4 is 40.8 Å². The summed E-state index contributed by atoms with van der Waals surface area (Å²) in [5, 5.41) is 11.3. The number of carbonyl (C=O) groups excluding carboxylic acids is 1. The molecule has 39 heavy (non-hydrogen) atoms. The van der Waals surface area contributed by atoms with Gasteiger partial charge in [0.1, 0.15) is 12.1 Å². The lowest BCUT2D eigenvalue weighted by Gasteiger charge is -2.30. The van der Waals surface area contributed by atoms with Crippen molar-refractivity contribution in [3.05, 3.63) is 69.8 Å². The van der Waals surface area contributed by atoms with E-state index in [-0.39, 0.29) is 24.2 Å². The maximum atomic E-state index is 12.6. The van der Waals surface area contributed by atoms with Crippen LogP contribution in [0, 0.1) is 0 Å². The number of hydrogen-bond acceptors (Lipinski definition) is 8. The first-order valence-electron chi connectivity index (χ1n) is 13.5. The van der Waals surface area contributed by atoms with Crippen LogP contribution in [0.15, 0.2) is 48.7 Å². The molecule has 1 aliphatic heterocycles. The molecule has 5 rings (SSSR count). The van der Waals surface area contributed by atoms with Gasteiger partial charge in [0.15, 0.2) is 11.6 Å². The minimum atomic E-state index is -0.236. The summed E-state index contributed by atoms with van der Waals surface area (Å²) in [5.41, 5.74) is 9.63. The van der Waals surface area contributed by atoms with Gasteiger partial charge in [-0.05, 0) is 62.8 Å². The third kappa shape index (κ3) is 7.19. The van der Waals surface area contributed by atoms with E-state index in [1.165, 1.54) is 0 Å². The van der Waals surface area contributed by atoms with Crippen LogP contribution in [0.2, 0.25) is 10.0 Å². The summed E-state index contributed by atoms with van der Waals surface area (Å²) in [6.07, 6.45) is 7.77. The molecule has 0 radical (unpaired) electrons. The molecule has 1 aromatic heterocycles. The first kappa shape index (κ1) is 27.6. The van der Waals surface area contributed by atoms with Crippen molar-refractivity contribution in [1.82, 2.24) is 20.6 Å². The number of halogens is 2. The van der Waals surface area contributed by atoms with E-state index in [1.807, 2.05) is 12.1 Å². The van der Waals surface area contributed by atoms with Crippen LogP contribution < -0.4 is 21.7 Å². The van der Waals surface area contributed by atoms with E-state index in [4.69, 9.17) is 33.7 Å². The van der Waals surface area contributed by atoms with E-state index >= 15 is 0 Å². The second-order valence-corrected chi connectivity index (χ2v) is 11.0. The number of carbonyl (C=O) groups is 1. The van der Waals surface area contributed by atoms with E-state index < -0.39 is 0 Å². The molecule has 8 nitrogen and oxygen atoms in total. The van der Waals surface area contributed by atoms with Crippen molar-refractivity contribution < 1.29 is 9.53 Å². The number of aromatic nitrogens is 2. The van der Waals surface area contributed by atoms with Crippen LogP contribution >= 0.6 is 23.2 Å². The molecule has 1 aliphatic carbocycles. The van der Waals surface area contributed by atoms with Crippen molar-refractivity contribution in [3.63, 3.8) is 0 Å². The van der Waals surface area contributed by atoms with E-state index in [9.17, 15) is 4.79 Å². The van der Waals surface area contributed by atoms with Crippen molar-refractivity contribution in [1.29, 1.82) is 0 Å². The van der Waals surface area contributed by atoms with Crippen LogP contribution in [0.3, 0.4) is 0 Å². The highest BCUT2D eigenvalue weighted by molar-refractivity contribution is 6.36. The molecule has 206 valence electrons. The monoisotopic (exact) mass is 568 g/mol. The van der Waals surface area contributed by atoms with Crippen LogP contribution in [0.5, 0.6) is 0 Å². The van der Waals surface area contributed by atoms with Gasteiger partial charge in [-0.1, -0.05) is 53.5 Å². The summed E-state index contributed by atoms with van der Waals surface area (Å²) in [4.78, 5) is 21.6. The van der Waals surface area contributed by atoms with Gasteiger partial charge < -0.3 is 26.4 Å². The summed E-state index contributed by atoms with van der Waals surface area (Å²) in [5.74, 6) is 0.669. The van der Waals surface area contributed by atoms with Gasteiger partial charge in [0, 0.05) is 40.3 Å². The third-order valence-electron chi connectivity index (χ3n) is 7.41. The Balaban J connectivity index is 1.15. The molecule has 1 saturated carbocycles. The number of ether oxygens (including phenoxy) is 1. The molecule has 10 heteroatoms.